The van der Waals surface area contributed by atoms with Gasteiger partial charge in [-0.05, 0) is 43.2 Å². The first-order valence-electron chi connectivity index (χ1n) is 11.3. The molecule has 0 radical (unpaired) electrons. The fourth-order valence-corrected chi connectivity index (χ4v) is 5.26. The number of nitrogens with one attached hydrogen (secondary N) is 1. The highest BCUT2D eigenvalue weighted by Crippen LogP contribution is 2.32. The largest absolute Gasteiger partial charge is 0.416 e. The summed E-state index contributed by atoms with van der Waals surface area (Å²) in [6, 6.07) is 7.95. The maximum absolute atomic E-state index is 13.3. The molecule has 1 atom stereocenters. The predicted octanol–water partition coefficient (Wildman–Crippen LogP) is 5.11. The van der Waals surface area contributed by atoms with E-state index in [0.29, 0.717) is 15.6 Å². The summed E-state index contributed by atoms with van der Waals surface area (Å²) in [5, 5.41) is 3.14. The fraction of sp³-hybridized carbons (Fsp3) is 0.417. The second-order valence-electron chi connectivity index (χ2n) is 8.25. The molecular formula is C24H28Cl2F3N3O4S. The summed E-state index contributed by atoms with van der Waals surface area (Å²) in [4.78, 5) is 27.1. The molecule has 0 spiro atoms. The molecule has 13 heteroatoms. The van der Waals surface area contributed by atoms with Crippen LogP contribution in [0.4, 0.5) is 18.9 Å². The average molecular weight is 582 g/mol. The average Bonchev–Trinajstić information content (AvgIpc) is 2.81. The van der Waals surface area contributed by atoms with Crippen LogP contribution in [-0.2, 0) is 32.3 Å². The smallest absolute Gasteiger partial charge is 0.357 e. The van der Waals surface area contributed by atoms with Crippen molar-refractivity contribution in [2.45, 2.75) is 44.9 Å². The second-order valence-corrected chi connectivity index (χ2v) is 11.0. The van der Waals surface area contributed by atoms with Crippen LogP contribution in [0.1, 0.15) is 37.3 Å². The van der Waals surface area contributed by atoms with E-state index < -0.39 is 39.6 Å². The molecule has 0 aromatic heterocycles. The van der Waals surface area contributed by atoms with E-state index in [0.717, 1.165) is 28.8 Å². The van der Waals surface area contributed by atoms with Crippen LogP contribution >= 0.6 is 23.2 Å². The summed E-state index contributed by atoms with van der Waals surface area (Å²) in [7, 11) is -2.51. The molecule has 0 bridgehead atoms. The van der Waals surface area contributed by atoms with Crippen molar-refractivity contribution in [3.05, 3.63) is 63.6 Å². The quantitative estimate of drug-likeness (QED) is 0.399. The van der Waals surface area contributed by atoms with Gasteiger partial charge < -0.3 is 10.2 Å². The zero-order valence-electron chi connectivity index (χ0n) is 20.5. The van der Waals surface area contributed by atoms with E-state index in [1.807, 2.05) is 0 Å². The Hall–Kier alpha value is -2.50. The van der Waals surface area contributed by atoms with Crippen molar-refractivity contribution in [1.82, 2.24) is 10.2 Å². The molecule has 2 aromatic carbocycles. The molecular weight excluding hydrogens is 554 g/mol. The van der Waals surface area contributed by atoms with E-state index in [9.17, 15) is 31.2 Å². The number of amides is 2. The summed E-state index contributed by atoms with van der Waals surface area (Å²) in [6.45, 7) is 1.42. The Morgan fingerprint density at radius 3 is 2.19 bits per heavy atom. The van der Waals surface area contributed by atoms with Gasteiger partial charge in [0.2, 0.25) is 21.8 Å². The van der Waals surface area contributed by atoms with Crippen LogP contribution in [-0.4, -0.2) is 51.0 Å². The van der Waals surface area contributed by atoms with E-state index in [1.165, 1.54) is 18.0 Å². The van der Waals surface area contributed by atoms with Gasteiger partial charge in [0.15, 0.2) is 0 Å². The molecule has 0 aliphatic heterocycles. The lowest BCUT2D eigenvalue weighted by Gasteiger charge is -2.31. The summed E-state index contributed by atoms with van der Waals surface area (Å²) in [6.07, 6.45) is -3.68. The van der Waals surface area contributed by atoms with E-state index in [-0.39, 0.29) is 38.0 Å². The zero-order valence-corrected chi connectivity index (χ0v) is 22.8. The lowest BCUT2D eigenvalue weighted by Crippen LogP contribution is -2.48. The van der Waals surface area contributed by atoms with Crippen LogP contribution < -0.4 is 9.62 Å². The highest BCUT2D eigenvalue weighted by Gasteiger charge is 2.32. The predicted molar refractivity (Wildman–Crippen MR) is 138 cm³/mol. The topological polar surface area (TPSA) is 86.8 Å². The van der Waals surface area contributed by atoms with Crippen molar-refractivity contribution in [3.8, 4) is 0 Å². The van der Waals surface area contributed by atoms with Crippen LogP contribution in [0, 0.1) is 0 Å². The van der Waals surface area contributed by atoms with Gasteiger partial charge in [-0.2, -0.15) is 13.2 Å². The van der Waals surface area contributed by atoms with E-state index in [2.05, 4.69) is 5.32 Å². The zero-order chi connectivity index (χ0) is 28.0. The Kier molecular flexibility index (Phi) is 10.7. The number of sulfonamides is 1. The molecule has 0 aliphatic rings. The minimum absolute atomic E-state index is 0.0148. The monoisotopic (exact) mass is 581 g/mol. The lowest BCUT2D eigenvalue weighted by atomic mass is 10.1. The minimum Gasteiger partial charge on any atom is -0.357 e. The molecule has 7 nitrogen and oxygen atoms in total. The van der Waals surface area contributed by atoms with Crippen molar-refractivity contribution in [3.63, 3.8) is 0 Å². The minimum atomic E-state index is -4.65. The van der Waals surface area contributed by atoms with Gasteiger partial charge in [0.25, 0.3) is 0 Å². The van der Waals surface area contributed by atoms with Gasteiger partial charge in [0.1, 0.15) is 6.04 Å². The van der Waals surface area contributed by atoms with Gasteiger partial charge in [0.05, 0.1) is 17.5 Å². The Morgan fingerprint density at radius 2 is 1.68 bits per heavy atom. The van der Waals surface area contributed by atoms with Gasteiger partial charge in [-0.1, -0.05) is 42.3 Å². The fourth-order valence-electron chi connectivity index (χ4n) is 3.78. The molecule has 2 rings (SSSR count). The van der Waals surface area contributed by atoms with Gasteiger partial charge in [-0.3, -0.25) is 13.9 Å². The van der Waals surface area contributed by atoms with Crippen LogP contribution in [0.3, 0.4) is 0 Å². The SMILES string of the molecule is CC[C@H](C(=O)NC)N(Cc1c(Cl)cccc1Cl)C(=O)CCCN(c1cccc(C(F)(F)F)c1)S(C)(=O)=O. The van der Waals surface area contributed by atoms with Gasteiger partial charge in [0, 0.05) is 42.2 Å². The standard InChI is InChI=1S/C24H28Cl2F3N3O4S/c1-4-21(23(34)30-2)31(15-18-19(25)10-6-11-20(18)26)22(33)12-7-13-32(37(3,35)36)17-9-5-8-16(14-17)24(27,28)29/h5-6,8-11,14,21H,4,7,12-13,15H2,1-3H3,(H,30,34)/t21-/m1/s1. The van der Waals surface area contributed by atoms with Crippen molar-refractivity contribution < 1.29 is 31.2 Å². The maximum Gasteiger partial charge on any atom is 0.416 e. The lowest BCUT2D eigenvalue weighted by molar-refractivity contribution is -0.141. The Balaban J connectivity index is 2.28. The first kappa shape index (κ1) is 30.7. The molecule has 0 saturated heterocycles. The second kappa shape index (κ2) is 12.8. The van der Waals surface area contributed by atoms with Crippen molar-refractivity contribution in [1.29, 1.82) is 0 Å². The van der Waals surface area contributed by atoms with E-state index in [1.54, 1.807) is 25.1 Å². The maximum atomic E-state index is 13.3. The van der Waals surface area contributed by atoms with Crippen molar-refractivity contribution >= 4 is 50.7 Å². The van der Waals surface area contributed by atoms with Gasteiger partial charge in [-0.25, -0.2) is 8.42 Å². The van der Waals surface area contributed by atoms with Crippen molar-refractivity contribution in [2.75, 3.05) is 24.2 Å². The number of carbonyl (C=O) groups excluding carboxylic acids is 2. The number of likely N-dealkylation sites (N-methyl/N-ethyl adjacent to an activating group) is 1. The normalized spacial score (nSPS) is 12.6. The number of benzene rings is 2. The van der Waals surface area contributed by atoms with Gasteiger partial charge in [-0.15, -0.1) is 0 Å². The number of alkyl halides is 3. The molecule has 37 heavy (non-hydrogen) atoms. The Bertz CT molecular complexity index is 1210. The number of hydrogen-bond donors (Lipinski definition) is 1. The first-order chi connectivity index (χ1) is 17.2. The molecule has 2 amide bonds. The van der Waals surface area contributed by atoms with E-state index >= 15 is 0 Å². The third kappa shape index (κ3) is 8.24. The number of hydrogen-bond acceptors (Lipinski definition) is 4. The summed E-state index contributed by atoms with van der Waals surface area (Å²) in [5.41, 5.74) is -0.710. The number of anilines is 1. The highest BCUT2D eigenvalue weighted by atomic mass is 35.5. The van der Waals surface area contributed by atoms with Crippen molar-refractivity contribution in [2.24, 2.45) is 0 Å². The van der Waals surface area contributed by atoms with Crippen LogP contribution in [0.15, 0.2) is 42.5 Å². The number of carbonyl (C=O) groups is 2. The Morgan fingerprint density at radius 1 is 1.08 bits per heavy atom. The molecule has 0 unspecified atom stereocenters. The molecule has 2 aromatic rings. The molecule has 0 heterocycles. The molecule has 204 valence electrons. The first-order valence-corrected chi connectivity index (χ1v) is 13.9. The van der Waals surface area contributed by atoms with Crippen LogP contribution in [0.2, 0.25) is 10.0 Å². The third-order valence-electron chi connectivity index (χ3n) is 5.64. The summed E-state index contributed by atoms with van der Waals surface area (Å²) < 4.78 is 65.0. The van der Waals surface area contributed by atoms with Crippen LogP contribution in [0.5, 0.6) is 0 Å². The van der Waals surface area contributed by atoms with E-state index in [4.69, 9.17) is 23.2 Å². The molecule has 0 aliphatic carbocycles. The number of rotatable bonds is 11. The van der Waals surface area contributed by atoms with Gasteiger partial charge >= 0.3 is 6.18 Å². The molecule has 1 N–H and O–H groups in total. The number of halogens is 5. The Labute approximate surface area is 224 Å². The summed E-state index contributed by atoms with van der Waals surface area (Å²) >= 11 is 12.5. The number of nitrogens with zero attached hydrogens (tertiary/aromatic N) is 2. The molecule has 0 saturated carbocycles. The third-order valence-corrected chi connectivity index (χ3v) is 7.54. The highest BCUT2D eigenvalue weighted by molar-refractivity contribution is 7.92. The van der Waals surface area contributed by atoms with Crippen LogP contribution in [0.25, 0.3) is 0 Å². The molecule has 0 fully saturated rings. The summed E-state index contributed by atoms with van der Waals surface area (Å²) in [5.74, 6) is -0.871.